The summed E-state index contributed by atoms with van der Waals surface area (Å²) < 4.78 is 54.5. The van der Waals surface area contributed by atoms with E-state index in [1.165, 1.54) is 38.5 Å². The molecule has 0 amide bonds. The normalized spacial score (nSPS) is 12.8. The highest BCUT2D eigenvalue weighted by molar-refractivity contribution is 7.92. The molecule has 0 saturated heterocycles. The number of hydrogen-bond donors (Lipinski definition) is 0. The van der Waals surface area contributed by atoms with Crippen molar-refractivity contribution in [3.63, 3.8) is 0 Å². The van der Waals surface area contributed by atoms with Crippen LogP contribution in [-0.2, 0) is 19.6 Å². The number of benzene rings is 2. The van der Waals surface area contributed by atoms with Gasteiger partial charge in [-0.15, -0.1) is 0 Å². The van der Waals surface area contributed by atoms with Crippen molar-refractivity contribution < 1.29 is 36.9 Å². The number of anilines is 1. The predicted octanol–water partition coefficient (Wildman–Crippen LogP) is 2.23. The third-order valence-corrected chi connectivity index (χ3v) is 6.09. The lowest BCUT2D eigenvalue weighted by Gasteiger charge is -2.26. The van der Waals surface area contributed by atoms with E-state index >= 15 is 0 Å². The Morgan fingerprint density at radius 2 is 1.77 bits per heavy atom. The molecule has 0 aliphatic carbocycles. The van der Waals surface area contributed by atoms with Gasteiger partial charge in [0.15, 0.2) is 11.5 Å². The molecule has 30 heavy (non-hydrogen) atoms. The molecule has 0 unspecified atom stereocenters. The lowest BCUT2D eigenvalue weighted by atomic mass is 10.2. The molecule has 0 bridgehead atoms. The van der Waals surface area contributed by atoms with Crippen LogP contribution in [0.1, 0.15) is 6.92 Å². The minimum absolute atomic E-state index is 0.0686. The summed E-state index contributed by atoms with van der Waals surface area (Å²) in [6, 6.07) is 8.95. The van der Waals surface area contributed by atoms with Crippen molar-refractivity contribution >= 4 is 21.7 Å². The van der Waals surface area contributed by atoms with Crippen molar-refractivity contribution in [3.8, 4) is 23.0 Å². The van der Waals surface area contributed by atoms with E-state index in [9.17, 15) is 13.2 Å². The Morgan fingerprint density at radius 3 is 2.43 bits per heavy atom. The molecule has 9 nitrogen and oxygen atoms in total. The monoisotopic (exact) mass is 437 g/mol. The van der Waals surface area contributed by atoms with E-state index in [-0.39, 0.29) is 22.9 Å². The minimum Gasteiger partial charge on any atom is -0.497 e. The molecule has 0 atom stereocenters. The second-order valence-corrected chi connectivity index (χ2v) is 8.02. The first kappa shape index (κ1) is 21.6. The zero-order valence-electron chi connectivity index (χ0n) is 16.9. The third-order valence-electron chi connectivity index (χ3n) is 4.33. The number of rotatable bonds is 8. The molecule has 0 spiro atoms. The summed E-state index contributed by atoms with van der Waals surface area (Å²) in [5.74, 6) is 0.717. The summed E-state index contributed by atoms with van der Waals surface area (Å²) in [5.41, 5.74) is 0.139. The summed E-state index contributed by atoms with van der Waals surface area (Å²) in [4.78, 5) is 12.2. The fraction of sp³-hybridized carbons (Fsp3) is 0.350. The zero-order chi connectivity index (χ0) is 21.7. The molecular formula is C20H23NO8S. The van der Waals surface area contributed by atoms with Gasteiger partial charge in [0, 0.05) is 12.1 Å². The lowest BCUT2D eigenvalue weighted by molar-refractivity contribution is -0.141. The summed E-state index contributed by atoms with van der Waals surface area (Å²) in [5, 5.41) is 0. The maximum Gasteiger partial charge on any atom is 0.326 e. The topological polar surface area (TPSA) is 101 Å². The Hall–Kier alpha value is -3.14. The molecule has 10 heteroatoms. The first-order chi connectivity index (χ1) is 14.4. The standard InChI is InChI=1S/C20H23NO8S/c1-4-27-20(22)13-21(16-11-14(25-2)5-7-17(16)26-3)30(23,24)15-6-8-18-19(12-15)29-10-9-28-18/h5-8,11-12H,4,9-10,13H2,1-3H3. The Balaban J connectivity index is 2.11. The van der Waals surface area contributed by atoms with Crippen LogP contribution in [0.5, 0.6) is 23.0 Å². The molecule has 0 radical (unpaired) electrons. The van der Waals surface area contributed by atoms with Crippen molar-refractivity contribution in [2.24, 2.45) is 0 Å². The smallest absolute Gasteiger partial charge is 0.326 e. The second-order valence-electron chi connectivity index (χ2n) is 6.16. The van der Waals surface area contributed by atoms with E-state index in [0.29, 0.717) is 30.5 Å². The lowest BCUT2D eigenvalue weighted by Crippen LogP contribution is -2.37. The molecule has 2 aromatic rings. The van der Waals surface area contributed by atoms with Crippen LogP contribution in [0, 0.1) is 0 Å². The second kappa shape index (κ2) is 9.12. The highest BCUT2D eigenvalue weighted by Gasteiger charge is 2.31. The Morgan fingerprint density at radius 1 is 1.03 bits per heavy atom. The maximum atomic E-state index is 13.6. The Bertz CT molecular complexity index is 1020. The van der Waals surface area contributed by atoms with Gasteiger partial charge in [0.05, 0.1) is 31.4 Å². The minimum atomic E-state index is -4.20. The van der Waals surface area contributed by atoms with Gasteiger partial charge in [-0.3, -0.25) is 9.10 Å². The van der Waals surface area contributed by atoms with Gasteiger partial charge in [0.25, 0.3) is 10.0 Å². The third kappa shape index (κ3) is 4.38. The number of esters is 1. The summed E-state index contributed by atoms with van der Waals surface area (Å²) in [7, 11) is -1.33. The van der Waals surface area contributed by atoms with Crippen LogP contribution in [-0.4, -0.2) is 55.0 Å². The van der Waals surface area contributed by atoms with Crippen LogP contribution < -0.4 is 23.3 Å². The van der Waals surface area contributed by atoms with Gasteiger partial charge < -0.3 is 23.7 Å². The van der Waals surface area contributed by atoms with E-state index in [4.69, 9.17) is 23.7 Å². The average molecular weight is 437 g/mol. The van der Waals surface area contributed by atoms with Crippen LogP contribution in [0.15, 0.2) is 41.3 Å². The molecule has 1 aliphatic heterocycles. The number of ether oxygens (including phenoxy) is 5. The maximum absolute atomic E-state index is 13.6. The van der Waals surface area contributed by atoms with Crippen LogP contribution >= 0.6 is 0 Å². The average Bonchev–Trinajstić information content (AvgIpc) is 2.76. The molecular weight excluding hydrogens is 414 g/mol. The van der Waals surface area contributed by atoms with Gasteiger partial charge in [-0.2, -0.15) is 0 Å². The van der Waals surface area contributed by atoms with Crippen molar-refractivity contribution in [3.05, 3.63) is 36.4 Å². The number of sulfonamides is 1. The zero-order valence-corrected chi connectivity index (χ0v) is 17.7. The van der Waals surface area contributed by atoms with Crippen molar-refractivity contribution in [1.82, 2.24) is 0 Å². The van der Waals surface area contributed by atoms with Crippen LogP contribution in [0.2, 0.25) is 0 Å². The Kier molecular flexibility index (Phi) is 6.56. The quantitative estimate of drug-likeness (QED) is 0.580. The number of carbonyl (C=O) groups is 1. The van der Waals surface area contributed by atoms with Gasteiger partial charge in [-0.1, -0.05) is 0 Å². The largest absolute Gasteiger partial charge is 0.497 e. The number of fused-ring (bicyclic) bond motifs is 1. The van der Waals surface area contributed by atoms with Gasteiger partial charge in [-0.25, -0.2) is 8.42 Å². The molecule has 0 aromatic heterocycles. The van der Waals surface area contributed by atoms with Crippen LogP contribution in [0.3, 0.4) is 0 Å². The number of hydrogen-bond acceptors (Lipinski definition) is 8. The molecule has 1 aliphatic rings. The highest BCUT2D eigenvalue weighted by atomic mass is 32.2. The fourth-order valence-electron chi connectivity index (χ4n) is 2.93. The molecule has 0 fully saturated rings. The first-order valence-electron chi connectivity index (χ1n) is 9.20. The molecule has 2 aromatic carbocycles. The molecule has 1 heterocycles. The summed E-state index contributed by atoms with van der Waals surface area (Å²) >= 11 is 0. The molecule has 0 saturated carbocycles. The van der Waals surface area contributed by atoms with Crippen molar-refractivity contribution in [2.75, 3.05) is 44.9 Å². The van der Waals surface area contributed by atoms with Gasteiger partial charge in [0.2, 0.25) is 0 Å². The van der Waals surface area contributed by atoms with Gasteiger partial charge in [-0.05, 0) is 31.2 Å². The molecule has 3 rings (SSSR count). The van der Waals surface area contributed by atoms with E-state index in [2.05, 4.69) is 0 Å². The number of methoxy groups -OCH3 is 2. The van der Waals surface area contributed by atoms with Gasteiger partial charge >= 0.3 is 5.97 Å². The highest BCUT2D eigenvalue weighted by Crippen LogP contribution is 2.38. The summed E-state index contributed by atoms with van der Waals surface area (Å²) in [6.45, 7) is 1.91. The molecule has 162 valence electrons. The van der Waals surface area contributed by atoms with E-state index in [0.717, 1.165) is 4.31 Å². The van der Waals surface area contributed by atoms with Crippen LogP contribution in [0.25, 0.3) is 0 Å². The number of nitrogens with zero attached hydrogens (tertiary/aromatic N) is 1. The van der Waals surface area contributed by atoms with Crippen LogP contribution in [0.4, 0.5) is 5.69 Å². The first-order valence-corrected chi connectivity index (χ1v) is 10.6. The predicted molar refractivity (Wildman–Crippen MR) is 108 cm³/mol. The van der Waals surface area contributed by atoms with Crippen molar-refractivity contribution in [1.29, 1.82) is 0 Å². The molecule has 0 N–H and O–H groups in total. The fourth-order valence-corrected chi connectivity index (χ4v) is 4.35. The SMILES string of the molecule is CCOC(=O)CN(c1cc(OC)ccc1OC)S(=O)(=O)c1ccc2c(c1)OCCO2. The van der Waals surface area contributed by atoms with E-state index < -0.39 is 22.5 Å². The van der Waals surface area contributed by atoms with Gasteiger partial charge in [0.1, 0.15) is 31.3 Å². The number of carbonyl (C=O) groups excluding carboxylic acids is 1. The Labute approximate surface area is 175 Å². The summed E-state index contributed by atoms with van der Waals surface area (Å²) in [6.07, 6.45) is 0. The van der Waals surface area contributed by atoms with E-state index in [1.807, 2.05) is 0 Å². The van der Waals surface area contributed by atoms with E-state index in [1.54, 1.807) is 19.1 Å². The van der Waals surface area contributed by atoms with Crippen molar-refractivity contribution in [2.45, 2.75) is 11.8 Å².